The number of carbonyl (C=O) groups excluding carboxylic acids is 1. The Balaban J connectivity index is 1.62. The van der Waals surface area contributed by atoms with Gasteiger partial charge in [-0.2, -0.15) is 13.2 Å². The number of pyridine rings is 1. The van der Waals surface area contributed by atoms with E-state index in [-0.39, 0.29) is 30.0 Å². The molecule has 9 heteroatoms. The molecule has 1 aliphatic rings. The van der Waals surface area contributed by atoms with Crippen molar-refractivity contribution < 1.29 is 18.0 Å². The normalized spacial score (nSPS) is 19.4. The molecule has 36 heavy (non-hydrogen) atoms. The summed E-state index contributed by atoms with van der Waals surface area (Å²) in [5.74, 6) is -0.243. The summed E-state index contributed by atoms with van der Waals surface area (Å²) in [6, 6.07) is 8.77. The van der Waals surface area contributed by atoms with Crippen molar-refractivity contribution in [2.24, 2.45) is 5.92 Å². The van der Waals surface area contributed by atoms with Gasteiger partial charge in [0.25, 0.3) is 11.5 Å². The fourth-order valence-electron chi connectivity index (χ4n) is 5.68. The number of aryl methyl sites for hydroxylation is 2. The first-order valence-electron chi connectivity index (χ1n) is 12.3. The Morgan fingerprint density at radius 1 is 1.22 bits per heavy atom. The van der Waals surface area contributed by atoms with Crippen molar-refractivity contribution in [1.29, 1.82) is 0 Å². The van der Waals surface area contributed by atoms with Crippen LogP contribution in [-0.4, -0.2) is 34.2 Å². The molecule has 3 heterocycles. The Bertz CT molecular complexity index is 1330. The van der Waals surface area contributed by atoms with E-state index in [4.69, 9.17) is 0 Å². The quantitative estimate of drug-likeness (QED) is 0.441. The van der Waals surface area contributed by atoms with Gasteiger partial charge in [0, 0.05) is 46.5 Å². The molecule has 0 radical (unpaired) electrons. The molecule has 0 bridgehead atoms. The molecule has 4 rings (SSSR count). The highest BCUT2D eigenvalue weighted by Gasteiger charge is 2.36. The number of H-pyrrole nitrogens is 1. The van der Waals surface area contributed by atoms with Crippen LogP contribution in [0.3, 0.4) is 0 Å². The lowest BCUT2D eigenvalue weighted by atomic mass is 9.85. The maximum atomic E-state index is 13.4. The average molecular weight is 503 g/mol. The molecule has 0 saturated carbocycles. The first kappa shape index (κ1) is 26.0. The van der Waals surface area contributed by atoms with E-state index in [0.717, 1.165) is 34.3 Å². The number of aromatic nitrogens is 2. The van der Waals surface area contributed by atoms with Crippen LogP contribution < -0.4 is 16.2 Å². The van der Waals surface area contributed by atoms with Gasteiger partial charge in [-0.15, -0.1) is 0 Å². The third kappa shape index (κ3) is 5.36. The minimum absolute atomic E-state index is 0.0396. The highest BCUT2D eigenvalue weighted by molar-refractivity contribution is 6.08. The Morgan fingerprint density at radius 2 is 1.94 bits per heavy atom. The zero-order chi connectivity index (χ0) is 26.2. The third-order valence-electron chi connectivity index (χ3n) is 7.41. The van der Waals surface area contributed by atoms with Crippen LogP contribution in [0.4, 0.5) is 13.2 Å². The van der Waals surface area contributed by atoms with Crippen LogP contribution in [0.1, 0.15) is 65.1 Å². The average Bonchev–Trinajstić information content (AvgIpc) is 3.08. The molecule has 194 valence electrons. The molecule has 0 aliphatic carbocycles. The molecule has 3 atom stereocenters. The lowest BCUT2D eigenvalue weighted by Crippen LogP contribution is -2.42. The number of nitrogens with zero attached hydrogens (tertiary/aromatic N) is 1. The van der Waals surface area contributed by atoms with E-state index >= 15 is 0 Å². The van der Waals surface area contributed by atoms with Crippen molar-refractivity contribution in [3.8, 4) is 0 Å². The van der Waals surface area contributed by atoms with Crippen LogP contribution in [0.5, 0.6) is 0 Å². The molecule has 2 aromatic heterocycles. The standard InChI is InChI=1S/C27H33F3N4O2/c1-15-11-16(2)33-25(35)22(15)14-32-26(36)24-18(4)34(23-8-6-5-7-21(23)24)17(3)19-9-10-31-20(12-19)13-27(28,29)30/h5-8,11,17,19-20,31H,9-10,12-14H2,1-4H3,(H,32,36)(H,33,35). The van der Waals surface area contributed by atoms with E-state index in [0.29, 0.717) is 24.1 Å². The summed E-state index contributed by atoms with van der Waals surface area (Å²) in [6.45, 7) is 8.19. The number of piperidine rings is 1. The molecule has 3 unspecified atom stereocenters. The number of hydrogen-bond donors (Lipinski definition) is 3. The Kier molecular flexibility index (Phi) is 7.31. The lowest BCUT2D eigenvalue weighted by molar-refractivity contribution is -0.142. The van der Waals surface area contributed by atoms with Gasteiger partial charge in [0.15, 0.2) is 0 Å². The van der Waals surface area contributed by atoms with Crippen LogP contribution in [0.25, 0.3) is 10.9 Å². The molecule has 1 amide bonds. The summed E-state index contributed by atoms with van der Waals surface area (Å²) in [4.78, 5) is 28.5. The van der Waals surface area contributed by atoms with Gasteiger partial charge < -0.3 is 20.2 Å². The largest absolute Gasteiger partial charge is 0.390 e. The van der Waals surface area contributed by atoms with Crippen molar-refractivity contribution in [2.45, 2.75) is 71.8 Å². The van der Waals surface area contributed by atoms with Crippen LogP contribution in [-0.2, 0) is 6.54 Å². The van der Waals surface area contributed by atoms with E-state index in [1.165, 1.54) is 0 Å². The summed E-state index contributed by atoms with van der Waals surface area (Å²) < 4.78 is 41.1. The van der Waals surface area contributed by atoms with Gasteiger partial charge in [0.1, 0.15) is 0 Å². The first-order valence-corrected chi connectivity index (χ1v) is 12.3. The summed E-state index contributed by atoms with van der Waals surface area (Å²) in [7, 11) is 0. The molecule has 1 fully saturated rings. The number of alkyl halides is 3. The Morgan fingerprint density at radius 3 is 2.64 bits per heavy atom. The number of nitrogens with one attached hydrogen (secondary N) is 3. The number of carbonyl (C=O) groups is 1. The number of rotatable bonds is 6. The van der Waals surface area contributed by atoms with E-state index in [2.05, 4.69) is 20.2 Å². The molecule has 1 saturated heterocycles. The summed E-state index contributed by atoms with van der Waals surface area (Å²) in [6.07, 6.45) is -3.86. The van der Waals surface area contributed by atoms with Crippen molar-refractivity contribution in [3.05, 3.63) is 68.8 Å². The molecular formula is C27H33F3N4O2. The predicted octanol–water partition coefficient (Wildman–Crippen LogP) is 5.07. The fourth-order valence-corrected chi connectivity index (χ4v) is 5.68. The number of amides is 1. The van der Waals surface area contributed by atoms with Gasteiger partial charge in [-0.3, -0.25) is 9.59 Å². The molecule has 3 N–H and O–H groups in total. The van der Waals surface area contributed by atoms with Gasteiger partial charge in [-0.1, -0.05) is 18.2 Å². The van der Waals surface area contributed by atoms with Crippen molar-refractivity contribution >= 4 is 16.8 Å². The van der Waals surface area contributed by atoms with Crippen LogP contribution in [0, 0.1) is 26.7 Å². The summed E-state index contributed by atoms with van der Waals surface area (Å²) in [5.41, 5.74) is 4.03. The maximum absolute atomic E-state index is 13.4. The molecular weight excluding hydrogens is 469 g/mol. The van der Waals surface area contributed by atoms with E-state index in [1.807, 2.05) is 58.0 Å². The van der Waals surface area contributed by atoms with Gasteiger partial charge in [0.05, 0.1) is 12.0 Å². The number of benzene rings is 1. The number of halogens is 3. The van der Waals surface area contributed by atoms with E-state index in [1.54, 1.807) is 0 Å². The number of para-hydroxylation sites is 1. The minimum Gasteiger partial charge on any atom is -0.348 e. The molecule has 1 aliphatic heterocycles. The monoisotopic (exact) mass is 502 g/mol. The highest BCUT2D eigenvalue weighted by atomic mass is 19.4. The minimum atomic E-state index is -4.21. The van der Waals surface area contributed by atoms with Crippen LogP contribution in [0.2, 0.25) is 0 Å². The summed E-state index contributed by atoms with van der Waals surface area (Å²) >= 11 is 0. The van der Waals surface area contributed by atoms with Crippen molar-refractivity contribution in [1.82, 2.24) is 20.2 Å². The zero-order valence-electron chi connectivity index (χ0n) is 21.1. The van der Waals surface area contributed by atoms with Gasteiger partial charge in [0.2, 0.25) is 0 Å². The highest BCUT2D eigenvalue weighted by Crippen LogP contribution is 2.37. The number of aromatic amines is 1. The predicted molar refractivity (Wildman–Crippen MR) is 134 cm³/mol. The summed E-state index contributed by atoms with van der Waals surface area (Å²) in [5, 5.41) is 6.70. The second kappa shape index (κ2) is 10.1. The molecule has 6 nitrogen and oxygen atoms in total. The van der Waals surface area contributed by atoms with Crippen molar-refractivity contribution in [3.63, 3.8) is 0 Å². The zero-order valence-corrected chi connectivity index (χ0v) is 21.1. The molecule has 3 aromatic rings. The smallest absolute Gasteiger partial charge is 0.348 e. The fraction of sp³-hybridized carbons (Fsp3) is 0.481. The third-order valence-corrected chi connectivity index (χ3v) is 7.41. The second-order valence-corrected chi connectivity index (χ2v) is 9.97. The number of hydrogen-bond acceptors (Lipinski definition) is 3. The topological polar surface area (TPSA) is 78.9 Å². The maximum Gasteiger partial charge on any atom is 0.390 e. The van der Waals surface area contributed by atoms with Crippen molar-refractivity contribution in [2.75, 3.05) is 6.54 Å². The Labute approximate surface area is 208 Å². The Hall–Kier alpha value is -3.07. The van der Waals surface area contributed by atoms with E-state index < -0.39 is 18.6 Å². The SMILES string of the molecule is Cc1cc(C)c(CNC(=O)c2c(C)n(C(C)C3CCNC(CC(F)(F)F)C3)c3ccccc23)c(=O)[nH]1. The molecule has 0 spiro atoms. The first-order chi connectivity index (χ1) is 17.0. The lowest BCUT2D eigenvalue weighted by Gasteiger charge is -2.35. The van der Waals surface area contributed by atoms with Gasteiger partial charge in [-0.25, -0.2) is 0 Å². The number of fused-ring (bicyclic) bond motifs is 1. The van der Waals surface area contributed by atoms with E-state index in [9.17, 15) is 22.8 Å². The van der Waals surface area contributed by atoms with Gasteiger partial charge >= 0.3 is 6.18 Å². The van der Waals surface area contributed by atoms with Crippen LogP contribution >= 0.6 is 0 Å². The second-order valence-electron chi connectivity index (χ2n) is 9.97. The van der Waals surface area contributed by atoms with Crippen LogP contribution in [0.15, 0.2) is 35.1 Å². The van der Waals surface area contributed by atoms with Gasteiger partial charge in [-0.05, 0) is 70.7 Å². The molecule has 1 aromatic carbocycles.